The van der Waals surface area contributed by atoms with Gasteiger partial charge in [-0.2, -0.15) is 0 Å². The van der Waals surface area contributed by atoms with Crippen molar-refractivity contribution in [1.29, 1.82) is 0 Å². The van der Waals surface area contributed by atoms with Crippen molar-refractivity contribution in [3.63, 3.8) is 0 Å². The van der Waals surface area contributed by atoms with Gasteiger partial charge in [0.2, 0.25) is 5.79 Å². The molecule has 0 aromatic rings. The van der Waals surface area contributed by atoms with Gasteiger partial charge in [-0.25, -0.2) is 0 Å². The number of unbranched alkanes of at least 4 members (excludes halogenated alkanes) is 2. The Kier molecular flexibility index (Phi) is 11.4. The first-order chi connectivity index (χ1) is 14.2. The van der Waals surface area contributed by atoms with Crippen molar-refractivity contribution in [2.45, 2.75) is 74.1 Å². The molecule has 30 heavy (non-hydrogen) atoms. The molecule has 0 radical (unpaired) electrons. The highest BCUT2D eigenvalue weighted by Gasteiger charge is 2.58. The van der Waals surface area contributed by atoms with Crippen molar-refractivity contribution in [2.24, 2.45) is 0 Å². The summed E-state index contributed by atoms with van der Waals surface area (Å²) in [6.07, 6.45) is -9.28. The molecular weight excluding hydrogens is 412 g/mol. The van der Waals surface area contributed by atoms with Crippen LogP contribution in [-0.2, 0) is 23.8 Å². The van der Waals surface area contributed by atoms with Gasteiger partial charge in [-0.1, -0.05) is 0 Å². The van der Waals surface area contributed by atoms with Gasteiger partial charge in [0.25, 0.3) is 0 Å². The van der Waals surface area contributed by atoms with Crippen LogP contribution in [0.3, 0.4) is 0 Å². The minimum Gasteiger partial charge on any atom is -0.394 e. The number of rotatable bonds is 9. The summed E-state index contributed by atoms with van der Waals surface area (Å²) in [5.41, 5.74) is 0. The van der Waals surface area contributed by atoms with Crippen LogP contribution in [0.25, 0.3) is 0 Å². The highest BCUT2D eigenvalue weighted by molar-refractivity contribution is 5.52. The number of hydrogen-bond acceptors (Lipinski definition) is 13. The van der Waals surface area contributed by atoms with E-state index in [0.717, 1.165) is 12.6 Å². The van der Waals surface area contributed by atoms with E-state index in [1.54, 1.807) is 0 Å². The Morgan fingerprint density at radius 3 is 1.80 bits per heavy atom. The van der Waals surface area contributed by atoms with Gasteiger partial charge >= 0.3 is 0 Å². The third-order valence-corrected chi connectivity index (χ3v) is 4.71. The fourth-order valence-corrected chi connectivity index (χ4v) is 2.92. The summed E-state index contributed by atoms with van der Waals surface area (Å²) < 4.78 is 15.4. The topological polar surface area (TPSA) is 224 Å². The van der Waals surface area contributed by atoms with Crippen molar-refractivity contribution in [2.75, 3.05) is 19.8 Å². The number of ether oxygens (including phenoxy) is 3. The van der Waals surface area contributed by atoms with Gasteiger partial charge in [-0.15, -0.1) is 0 Å². The largest absolute Gasteiger partial charge is 0.394 e. The summed E-state index contributed by atoms with van der Waals surface area (Å²) in [6, 6.07) is 0. The molecule has 9 atom stereocenters. The molecule has 0 spiro atoms. The lowest BCUT2D eigenvalue weighted by Crippen LogP contribution is -2.62. The van der Waals surface area contributed by atoms with Gasteiger partial charge in [0.1, 0.15) is 61.9 Å². The number of carbonyl (C=O) groups is 2. The van der Waals surface area contributed by atoms with Crippen LogP contribution in [0.2, 0.25) is 0 Å². The molecule has 0 saturated carbocycles. The molecule has 0 bridgehead atoms. The molecule has 2 rings (SSSR count). The van der Waals surface area contributed by atoms with Gasteiger partial charge in [0.05, 0.1) is 13.2 Å². The lowest BCUT2D eigenvalue weighted by atomic mass is 9.99. The van der Waals surface area contributed by atoms with Crippen molar-refractivity contribution in [1.82, 2.24) is 0 Å². The van der Waals surface area contributed by atoms with Crippen LogP contribution in [0.15, 0.2) is 0 Å². The predicted octanol–water partition coefficient (Wildman–Crippen LogP) is -4.84. The maximum absolute atomic E-state index is 10.00. The van der Waals surface area contributed by atoms with Crippen LogP contribution < -0.4 is 0 Å². The molecule has 2 heterocycles. The van der Waals surface area contributed by atoms with E-state index in [1.165, 1.54) is 0 Å². The van der Waals surface area contributed by atoms with Crippen LogP contribution in [0.5, 0.6) is 0 Å². The van der Waals surface area contributed by atoms with E-state index in [-0.39, 0.29) is 0 Å². The Bertz CT molecular complexity index is 510. The number of aliphatic hydroxyl groups excluding tert-OH is 8. The van der Waals surface area contributed by atoms with Crippen LogP contribution in [0, 0.1) is 0 Å². The first-order valence-electron chi connectivity index (χ1n) is 9.34. The van der Waals surface area contributed by atoms with Gasteiger partial charge in [-0.05, 0) is 6.42 Å². The Hall–Kier alpha value is -1.10. The first-order valence-corrected chi connectivity index (χ1v) is 9.34. The molecule has 0 amide bonds. The van der Waals surface area contributed by atoms with E-state index in [2.05, 4.69) is 0 Å². The van der Waals surface area contributed by atoms with Crippen molar-refractivity contribution >= 4 is 12.6 Å². The van der Waals surface area contributed by atoms with Crippen LogP contribution in [-0.4, -0.2) is 128 Å². The number of aliphatic hydroxyl groups is 8. The van der Waals surface area contributed by atoms with Crippen LogP contribution in [0.1, 0.15) is 19.3 Å². The first kappa shape index (κ1) is 26.9. The molecule has 2 aliphatic rings. The third kappa shape index (κ3) is 6.21. The summed E-state index contributed by atoms with van der Waals surface area (Å²) in [6.45, 7) is -2.32. The van der Waals surface area contributed by atoms with E-state index < -0.39 is 74.6 Å². The lowest BCUT2D eigenvalue weighted by molar-refractivity contribution is -0.383. The van der Waals surface area contributed by atoms with Gasteiger partial charge < -0.3 is 64.7 Å². The van der Waals surface area contributed by atoms with E-state index in [9.17, 15) is 40.2 Å². The average molecular weight is 442 g/mol. The molecule has 2 aliphatic heterocycles. The standard InChI is InChI=1S/C12H22O11.C5H8O2/c13-1-4-6(16)8(18)9(19)11(21-4)23-12(3-15)10(20)7(17)5(2-14)22-12;6-4-2-1-3-5-7/h4-11,13-20H,1-3H2;4-5H,1-3H2/t4-,5-,6-,7-,8+,9-,10+,11-,12+;/m1./s1. The highest BCUT2D eigenvalue weighted by atomic mass is 16.8. The molecular formula is C17H30O13. The molecule has 0 unspecified atom stereocenters. The van der Waals surface area contributed by atoms with Crippen molar-refractivity contribution in [3.05, 3.63) is 0 Å². The zero-order valence-corrected chi connectivity index (χ0v) is 16.1. The summed E-state index contributed by atoms with van der Waals surface area (Å²) in [5, 5.41) is 76.7. The highest BCUT2D eigenvalue weighted by Crippen LogP contribution is 2.35. The smallest absolute Gasteiger partial charge is 0.224 e. The molecule has 2 saturated heterocycles. The molecule has 0 aliphatic carbocycles. The summed E-state index contributed by atoms with van der Waals surface area (Å²) in [4.78, 5) is 19.1. The second-order valence-corrected chi connectivity index (χ2v) is 6.82. The Morgan fingerprint density at radius 2 is 1.37 bits per heavy atom. The number of hydrogen-bond donors (Lipinski definition) is 8. The Labute approximate surface area is 172 Å². The van der Waals surface area contributed by atoms with Gasteiger partial charge in [-0.3, -0.25) is 0 Å². The van der Waals surface area contributed by atoms with Gasteiger partial charge in [0.15, 0.2) is 6.29 Å². The second kappa shape index (κ2) is 12.7. The van der Waals surface area contributed by atoms with Crippen molar-refractivity contribution in [3.8, 4) is 0 Å². The van der Waals surface area contributed by atoms with E-state index in [1.807, 2.05) is 0 Å². The Morgan fingerprint density at radius 1 is 0.800 bits per heavy atom. The molecule has 0 aromatic heterocycles. The van der Waals surface area contributed by atoms with E-state index in [0.29, 0.717) is 19.3 Å². The fourth-order valence-electron chi connectivity index (χ4n) is 2.92. The normalized spacial score (nSPS) is 41.1. The summed E-state index contributed by atoms with van der Waals surface area (Å²) in [5.74, 6) is -2.22. The SMILES string of the molecule is O=CCCCC=O.OC[C@H]1O[C@@](CO)(O[C@H]2O[C@H](CO)[C@@H](O)[C@H](O)[C@H]2O)[C@@H](O)[C@@H]1O. The molecule has 8 N–H and O–H groups in total. The minimum absolute atomic E-state index is 0.513. The van der Waals surface area contributed by atoms with Crippen LogP contribution in [0.4, 0.5) is 0 Å². The fraction of sp³-hybridized carbons (Fsp3) is 0.882. The zero-order chi connectivity index (χ0) is 22.9. The molecule has 13 nitrogen and oxygen atoms in total. The zero-order valence-electron chi connectivity index (χ0n) is 16.1. The molecule has 176 valence electrons. The maximum atomic E-state index is 10.00. The van der Waals surface area contributed by atoms with E-state index >= 15 is 0 Å². The van der Waals surface area contributed by atoms with E-state index in [4.69, 9.17) is 24.4 Å². The monoisotopic (exact) mass is 442 g/mol. The molecule has 2 fully saturated rings. The van der Waals surface area contributed by atoms with Gasteiger partial charge in [0, 0.05) is 12.8 Å². The lowest BCUT2D eigenvalue weighted by Gasteiger charge is -2.43. The van der Waals surface area contributed by atoms with Crippen molar-refractivity contribution < 1.29 is 64.7 Å². The predicted molar refractivity (Wildman–Crippen MR) is 94.6 cm³/mol. The summed E-state index contributed by atoms with van der Waals surface area (Å²) >= 11 is 0. The molecule has 0 aromatic carbocycles. The number of aldehydes is 2. The minimum atomic E-state index is -2.22. The van der Waals surface area contributed by atoms with Crippen LogP contribution >= 0.6 is 0 Å². The maximum Gasteiger partial charge on any atom is 0.224 e. The quantitative estimate of drug-likeness (QED) is 0.124. The number of carbonyl (C=O) groups excluding carboxylic acids is 2. The Balaban J connectivity index is 0.000000553. The summed E-state index contributed by atoms with van der Waals surface area (Å²) in [7, 11) is 0. The second-order valence-electron chi connectivity index (χ2n) is 6.82. The third-order valence-electron chi connectivity index (χ3n) is 4.71. The average Bonchev–Trinajstić information content (AvgIpc) is 3.00. The molecule has 13 heteroatoms.